The van der Waals surface area contributed by atoms with Crippen molar-refractivity contribution < 1.29 is 4.74 Å². The number of nitrogens with zero attached hydrogens (tertiary/aromatic N) is 1. The molecular weight excluding hydrogens is 270 g/mol. The molecule has 0 aliphatic carbocycles. The summed E-state index contributed by atoms with van der Waals surface area (Å²) in [5.41, 5.74) is 8.36. The van der Waals surface area contributed by atoms with E-state index < -0.39 is 0 Å². The number of benzene rings is 1. The van der Waals surface area contributed by atoms with Gasteiger partial charge in [0, 0.05) is 28.0 Å². The van der Waals surface area contributed by atoms with Crippen LogP contribution in [0.4, 0.5) is 5.13 Å². The molecule has 0 saturated carbocycles. The standard InChI is InChI=1S/C12H10ClN3OS/c1-17-9-3-2-7-10(11(9)13)6(4-15-7)8-5-18-12(14)16-8/h2-5,15H,1H3,(H2,14,16). The Morgan fingerprint density at radius 1 is 1.44 bits per heavy atom. The second kappa shape index (κ2) is 4.19. The molecule has 0 atom stereocenters. The van der Waals surface area contributed by atoms with Gasteiger partial charge in [0.15, 0.2) is 5.13 Å². The molecule has 0 aliphatic heterocycles. The lowest BCUT2D eigenvalue weighted by Crippen LogP contribution is -1.85. The van der Waals surface area contributed by atoms with Gasteiger partial charge in [0.25, 0.3) is 0 Å². The third-order valence-electron chi connectivity index (χ3n) is 2.77. The maximum absolute atomic E-state index is 6.34. The highest BCUT2D eigenvalue weighted by Gasteiger charge is 2.14. The average molecular weight is 280 g/mol. The number of aromatic amines is 1. The maximum Gasteiger partial charge on any atom is 0.180 e. The summed E-state index contributed by atoms with van der Waals surface area (Å²) in [5, 5.41) is 3.94. The van der Waals surface area contributed by atoms with Crippen LogP contribution < -0.4 is 10.5 Å². The number of aromatic nitrogens is 2. The fraction of sp³-hybridized carbons (Fsp3) is 0.0833. The van der Waals surface area contributed by atoms with Gasteiger partial charge in [-0.2, -0.15) is 0 Å². The van der Waals surface area contributed by atoms with Gasteiger partial charge in [0.05, 0.1) is 17.8 Å². The molecular formula is C12H10ClN3OS. The van der Waals surface area contributed by atoms with Crippen molar-refractivity contribution in [3.8, 4) is 17.0 Å². The molecule has 0 saturated heterocycles. The SMILES string of the molecule is COc1ccc2[nH]cc(-c3csc(N)n3)c2c1Cl. The van der Waals surface area contributed by atoms with Crippen molar-refractivity contribution >= 4 is 39.0 Å². The number of nitrogens with one attached hydrogen (secondary N) is 1. The zero-order valence-corrected chi connectivity index (χ0v) is 11.1. The van der Waals surface area contributed by atoms with Gasteiger partial charge in [-0.1, -0.05) is 11.6 Å². The molecule has 3 rings (SSSR count). The van der Waals surface area contributed by atoms with Crippen LogP contribution in [0.1, 0.15) is 0 Å². The molecule has 0 bridgehead atoms. The van der Waals surface area contributed by atoms with Crippen LogP contribution in [0.25, 0.3) is 22.2 Å². The molecule has 18 heavy (non-hydrogen) atoms. The number of methoxy groups -OCH3 is 1. The summed E-state index contributed by atoms with van der Waals surface area (Å²) >= 11 is 7.75. The largest absolute Gasteiger partial charge is 0.495 e. The molecule has 3 N–H and O–H groups in total. The van der Waals surface area contributed by atoms with E-state index in [1.165, 1.54) is 11.3 Å². The van der Waals surface area contributed by atoms with Gasteiger partial charge in [0.1, 0.15) is 5.75 Å². The van der Waals surface area contributed by atoms with Gasteiger partial charge in [-0.05, 0) is 12.1 Å². The predicted molar refractivity (Wildman–Crippen MR) is 75.4 cm³/mol. The van der Waals surface area contributed by atoms with Gasteiger partial charge in [-0.3, -0.25) is 0 Å². The molecule has 1 aromatic carbocycles. The first-order chi connectivity index (χ1) is 8.70. The Morgan fingerprint density at radius 2 is 2.28 bits per heavy atom. The van der Waals surface area contributed by atoms with Gasteiger partial charge < -0.3 is 15.5 Å². The Morgan fingerprint density at radius 3 is 2.94 bits per heavy atom. The minimum atomic E-state index is 0.540. The molecule has 0 spiro atoms. The topological polar surface area (TPSA) is 63.9 Å². The first-order valence-corrected chi connectivity index (χ1v) is 6.51. The van der Waals surface area contributed by atoms with E-state index in [1.807, 2.05) is 23.7 Å². The van der Waals surface area contributed by atoms with Crippen LogP contribution in [-0.2, 0) is 0 Å². The molecule has 0 amide bonds. The monoisotopic (exact) mass is 279 g/mol. The molecule has 0 unspecified atom stereocenters. The lowest BCUT2D eigenvalue weighted by atomic mass is 10.1. The minimum absolute atomic E-state index is 0.540. The van der Waals surface area contributed by atoms with Gasteiger partial charge in [0.2, 0.25) is 0 Å². The Bertz CT molecular complexity index is 719. The van der Waals surface area contributed by atoms with E-state index in [1.54, 1.807) is 7.11 Å². The molecule has 2 aromatic heterocycles. The van der Waals surface area contributed by atoms with E-state index in [0.717, 1.165) is 22.2 Å². The molecule has 0 radical (unpaired) electrons. The maximum atomic E-state index is 6.34. The van der Waals surface area contributed by atoms with Crippen LogP contribution in [0.2, 0.25) is 5.02 Å². The number of hydrogen-bond donors (Lipinski definition) is 2. The normalized spacial score (nSPS) is 11.0. The number of anilines is 1. The summed E-state index contributed by atoms with van der Waals surface area (Å²) in [6.07, 6.45) is 1.88. The fourth-order valence-electron chi connectivity index (χ4n) is 1.93. The minimum Gasteiger partial charge on any atom is -0.495 e. The van der Waals surface area contributed by atoms with Crippen LogP contribution in [0, 0.1) is 0 Å². The molecule has 0 fully saturated rings. The van der Waals surface area contributed by atoms with Crippen molar-refractivity contribution in [3.63, 3.8) is 0 Å². The highest BCUT2D eigenvalue weighted by molar-refractivity contribution is 7.13. The van der Waals surface area contributed by atoms with Crippen molar-refractivity contribution in [2.45, 2.75) is 0 Å². The van der Waals surface area contributed by atoms with Crippen LogP contribution in [0.3, 0.4) is 0 Å². The average Bonchev–Trinajstić information content (AvgIpc) is 2.96. The van der Waals surface area contributed by atoms with Crippen LogP contribution in [0.5, 0.6) is 5.75 Å². The number of hydrogen-bond acceptors (Lipinski definition) is 4. The molecule has 4 nitrogen and oxygen atoms in total. The Hall–Kier alpha value is -1.72. The van der Waals surface area contributed by atoms with Crippen molar-refractivity contribution in [1.82, 2.24) is 9.97 Å². The van der Waals surface area contributed by atoms with Gasteiger partial charge in [-0.15, -0.1) is 11.3 Å². The van der Waals surface area contributed by atoms with E-state index in [-0.39, 0.29) is 0 Å². The molecule has 3 aromatic rings. The van der Waals surface area contributed by atoms with Crippen molar-refractivity contribution in [1.29, 1.82) is 0 Å². The van der Waals surface area contributed by atoms with Crippen LogP contribution >= 0.6 is 22.9 Å². The number of nitrogen functional groups attached to an aromatic ring is 1. The number of halogens is 1. The quantitative estimate of drug-likeness (QED) is 0.754. The molecule has 2 heterocycles. The fourth-order valence-corrected chi connectivity index (χ4v) is 2.84. The molecule has 0 aliphatic rings. The first-order valence-electron chi connectivity index (χ1n) is 5.25. The smallest absolute Gasteiger partial charge is 0.180 e. The van der Waals surface area contributed by atoms with E-state index in [0.29, 0.717) is 15.9 Å². The Kier molecular flexibility index (Phi) is 2.65. The zero-order chi connectivity index (χ0) is 12.7. The van der Waals surface area contributed by atoms with Crippen molar-refractivity contribution in [2.24, 2.45) is 0 Å². The van der Waals surface area contributed by atoms with E-state index in [9.17, 15) is 0 Å². The second-order valence-electron chi connectivity index (χ2n) is 3.78. The third kappa shape index (κ3) is 1.63. The van der Waals surface area contributed by atoms with Crippen LogP contribution in [0.15, 0.2) is 23.7 Å². The Balaban J connectivity index is 2.30. The number of ether oxygens (including phenoxy) is 1. The number of rotatable bonds is 2. The summed E-state index contributed by atoms with van der Waals surface area (Å²) in [5.74, 6) is 0.646. The highest BCUT2D eigenvalue weighted by Crippen LogP contribution is 2.39. The predicted octanol–water partition coefficient (Wildman–Crippen LogP) is 3.54. The lowest BCUT2D eigenvalue weighted by Gasteiger charge is -2.04. The van der Waals surface area contributed by atoms with E-state index >= 15 is 0 Å². The molecule has 92 valence electrons. The number of nitrogens with two attached hydrogens (primary N) is 1. The van der Waals surface area contributed by atoms with Gasteiger partial charge >= 0.3 is 0 Å². The summed E-state index contributed by atoms with van der Waals surface area (Å²) in [6, 6.07) is 3.76. The Labute approximate surface area is 112 Å². The summed E-state index contributed by atoms with van der Waals surface area (Å²) < 4.78 is 5.23. The second-order valence-corrected chi connectivity index (χ2v) is 5.05. The number of thiazole rings is 1. The summed E-state index contributed by atoms with van der Waals surface area (Å²) in [6.45, 7) is 0. The first kappa shape index (κ1) is 11.4. The van der Waals surface area contributed by atoms with E-state index in [2.05, 4.69) is 9.97 Å². The summed E-state index contributed by atoms with van der Waals surface area (Å²) in [4.78, 5) is 7.45. The van der Waals surface area contributed by atoms with Crippen LogP contribution in [-0.4, -0.2) is 17.1 Å². The summed E-state index contributed by atoms with van der Waals surface area (Å²) in [7, 11) is 1.60. The number of H-pyrrole nitrogens is 1. The van der Waals surface area contributed by atoms with Crippen molar-refractivity contribution in [3.05, 3.63) is 28.7 Å². The van der Waals surface area contributed by atoms with Crippen molar-refractivity contribution in [2.75, 3.05) is 12.8 Å². The highest BCUT2D eigenvalue weighted by atomic mass is 35.5. The lowest BCUT2D eigenvalue weighted by molar-refractivity contribution is 0.415. The third-order valence-corrected chi connectivity index (χ3v) is 3.81. The van der Waals surface area contributed by atoms with Gasteiger partial charge in [-0.25, -0.2) is 4.98 Å². The molecule has 6 heteroatoms. The zero-order valence-electron chi connectivity index (χ0n) is 9.53. The number of fused-ring (bicyclic) bond motifs is 1. The van der Waals surface area contributed by atoms with E-state index in [4.69, 9.17) is 22.1 Å².